The number of aromatic nitrogens is 3. The van der Waals surface area contributed by atoms with Gasteiger partial charge in [-0.05, 0) is 24.1 Å². The third-order valence-corrected chi connectivity index (χ3v) is 3.54. The predicted octanol–water partition coefficient (Wildman–Crippen LogP) is 1.21. The molecule has 0 radical (unpaired) electrons. The first-order chi connectivity index (χ1) is 10.3. The average Bonchev–Trinajstić information content (AvgIpc) is 3.19. The standard InChI is InChI=1S/C14H14N6O/c15-9-20-4-2-11(8-20)14(21)19-13-5-10(1-3-16-13)12-6-17-18-7-12/h1,3,5-7,11H,2,4,8H2,(H,17,18)(H,16,19,21)/t11-/m0/s1. The number of likely N-dealkylation sites (tertiary alicyclic amines) is 1. The smallest absolute Gasteiger partial charge is 0.230 e. The van der Waals surface area contributed by atoms with Gasteiger partial charge in [-0.3, -0.25) is 9.89 Å². The molecule has 3 rings (SSSR count). The van der Waals surface area contributed by atoms with Crippen LogP contribution in [0.4, 0.5) is 5.82 Å². The van der Waals surface area contributed by atoms with Crippen molar-refractivity contribution >= 4 is 11.7 Å². The molecule has 0 unspecified atom stereocenters. The van der Waals surface area contributed by atoms with E-state index in [0.717, 1.165) is 11.1 Å². The van der Waals surface area contributed by atoms with Crippen LogP contribution in [-0.4, -0.2) is 39.1 Å². The fourth-order valence-electron chi connectivity index (χ4n) is 2.38. The van der Waals surface area contributed by atoms with Gasteiger partial charge in [-0.15, -0.1) is 0 Å². The van der Waals surface area contributed by atoms with Crippen LogP contribution in [-0.2, 0) is 4.79 Å². The van der Waals surface area contributed by atoms with Gasteiger partial charge in [-0.2, -0.15) is 10.4 Å². The molecule has 0 bridgehead atoms. The molecule has 106 valence electrons. The van der Waals surface area contributed by atoms with Gasteiger partial charge in [0.25, 0.3) is 0 Å². The van der Waals surface area contributed by atoms with Gasteiger partial charge >= 0.3 is 0 Å². The highest BCUT2D eigenvalue weighted by Crippen LogP contribution is 2.21. The Labute approximate surface area is 121 Å². The largest absolute Gasteiger partial charge is 0.310 e. The Balaban J connectivity index is 1.70. The van der Waals surface area contributed by atoms with Gasteiger partial charge in [0.1, 0.15) is 5.82 Å². The first kappa shape index (κ1) is 13.1. The Morgan fingerprint density at radius 2 is 2.43 bits per heavy atom. The second kappa shape index (κ2) is 5.63. The molecule has 0 spiro atoms. The molecule has 1 amide bonds. The van der Waals surface area contributed by atoms with Gasteiger partial charge in [0.05, 0.1) is 12.1 Å². The molecule has 1 aliphatic heterocycles. The molecule has 7 nitrogen and oxygen atoms in total. The highest BCUT2D eigenvalue weighted by atomic mass is 16.2. The number of amides is 1. The molecule has 2 aromatic rings. The van der Waals surface area contributed by atoms with Gasteiger partial charge in [-0.25, -0.2) is 4.98 Å². The lowest BCUT2D eigenvalue weighted by Crippen LogP contribution is -2.25. The van der Waals surface area contributed by atoms with E-state index in [1.54, 1.807) is 29.6 Å². The van der Waals surface area contributed by atoms with E-state index in [9.17, 15) is 4.79 Å². The fourth-order valence-corrected chi connectivity index (χ4v) is 2.38. The van der Waals surface area contributed by atoms with E-state index in [1.807, 2.05) is 6.07 Å². The lowest BCUT2D eigenvalue weighted by Gasteiger charge is -2.10. The second-order valence-electron chi connectivity index (χ2n) is 4.94. The van der Waals surface area contributed by atoms with Crippen molar-refractivity contribution in [2.24, 2.45) is 5.92 Å². The summed E-state index contributed by atoms with van der Waals surface area (Å²) in [7, 11) is 0. The lowest BCUT2D eigenvalue weighted by molar-refractivity contribution is -0.119. The number of rotatable bonds is 3. The number of nitrogens with zero attached hydrogens (tertiary/aromatic N) is 4. The molecule has 1 atom stereocenters. The number of pyridine rings is 1. The molecule has 7 heteroatoms. The SMILES string of the molecule is N#CN1CC[C@H](C(=O)Nc2cc(-c3cn[nH]c3)ccn2)C1. The lowest BCUT2D eigenvalue weighted by atomic mass is 10.1. The quantitative estimate of drug-likeness (QED) is 0.825. The highest BCUT2D eigenvalue weighted by molar-refractivity contribution is 5.92. The van der Waals surface area contributed by atoms with E-state index in [-0.39, 0.29) is 11.8 Å². The minimum Gasteiger partial charge on any atom is -0.310 e. The molecule has 0 aliphatic carbocycles. The van der Waals surface area contributed by atoms with Crippen LogP contribution >= 0.6 is 0 Å². The van der Waals surface area contributed by atoms with Crippen LogP contribution in [0, 0.1) is 17.4 Å². The first-order valence-corrected chi connectivity index (χ1v) is 6.67. The molecule has 1 saturated heterocycles. The number of aromatic amines is 1. The van der Waals surface area contributed by atoms with E-state index in [2.05, 4.69) is 26.7 Å². The van der Waals surface area contributed by atoms with Gasteiger partial charge in [0.2, 0.25) is 5.91 Å². The third kappa shape index (κ3) is 2.84. The van der Waals surface area contributed by atoms with Crippen LogP contribution in [0.3, 0.4) is 0 Å². The summed E-state index contributed by atoms with van der Waals surface area (Å²) in [6.45, 7) is 1.11. The zero-order valence-corrected chi connectivity index (χ0v) is 11.3. The van der Waals surface area contributed by atoms with Crippen molar-refractivity contribution in [3.05, 3.63) is 30.7 Å². The zero-order chi connectivity index (χ0) is 14.7. The number of carbonyl (C=O) groups is 1. The molecular formula is C14H14N6O. The summed E-state index contributed by atoms with van der Waals surface area (Å²) in [6, 6.07) is 3.66. The number of hydrogen-bond acceptors (Lipinski definition) is 5. The summed E-state index contributed by atoms with van der Waals surface area (Å²) >= 11 is 0. The number of nitrogens with one attached hydrogen (secondary N) is 2. The molecule has 0 saturated carbocycles. The number of H-pyrrole nitrogens is 1. The van der Waals surface area contributed by atoms with Gasteiger partial charge < -0.3 is 10.2 Å². The summed E-state index contributed by atoms with van der Waals surface area (Å²) in [5.41, 5.74) is 1.86. The van der Waals surface area contributed by atoms with Gasteiger partial charge in [-0.1, -0.05) is 0 Å². The molecular weight excluding hydrogens is 268 g/mol. The number of carbonyl (C=O) groups excluding carboxylic acids is 1. The Morgan fingerprint density at radius 1 is 1.52 bits per heavy atom. The summed E-state index contributed by atoms with van der Waals surface area (Å²) < 4.78 is 0. The van der Waals surface area contributed by atoms with E-state index in [0.29, 0.717) is 25.3 Å². The monoisotopic (exact) mass is 282 g/mol. The molecule has 1 fully saturated rings. The van der Waals surface area contributed by atoms with Crippen molar-refractivity contribution in [1.29, 1.82) is 5.26 Å². The molecule has 21 heavy (non-hydrogen) atoms. The second-order valence-corrected chi connectivity index (χ2v) is 4.94. The van der Waals surface area contributed by atoms with Crippen molar-refractivity contribution in [2.45, 2.75) is 6.42 Å². The van der Waals surface area contributed by atoms with Crippen molar-refractivity contribution in [1.82, 2.24) is 20.1 Å². The average molecular weight is 282 g/mol. The topological polar surface area (TPSA) is 97.7 Å². The Bertz CT molecular complexity index is 675. The van der Waals surface area contributed by atoms with Crippen LogP contribution < -0.4 is 5.32 Å². The number of nitriles is 1. The van der Waals surface area contributed by atoms with E-state index < -0.39 is 0 Å². The van der Waals surface area contributed by atoms with Crippen LogP contribution in [0.1, 0.15) is 6.42 Å². The number of hydrogen-bond donors (Lipinski definition) is 2. The molecule has 2 N–H and O–H groups in total. The molecule has 1 aliphatic rings. The van der Waals surface area contributed by atoms with E-state index in [1.165, 1.54) is 0 Å². The van der Waals surface area contributed by atoms with Gasteiger partial charge in [0.15, 0.2) is 6.19 Å². The maximum atomic E-state index is 12.2. The van der Waals surface area contributed by atoms with E-state index in [4.69, 9.17) is 5.26 Å². The molecule has 2 aromatic heterocycles. The zero-order valence-electron chi connectivity index (χ0n) is 11.3. The minimum atomic E-state index is -0.163. The van der Waals surface area contributed by atoms with Crippen molar-refractivity contribution in [3.63, 3.8) is 0 Å². The van der Waals surface area contributed by atoms with Crippen LogP contribution in [0.2, 0.25) is 0 Å². The Morgan fingerprint density at radius 3 is 3.14 bits per heavy atom. The maximum Gasteiger partial charge on any atom is 0.230 e. The van der Waals surface area contributed by atoms with Crippen molar-refractivity contribution in [2.75, 3.05) is 18.4 Å². The fraction of sp³-hybridized carbons (Fsp3) is 0.286. The normalized spacial score (nSPS) is 17.5. The minimum absolute atomic E-state index is 0.0930. The van der Waals surface area contributed by atoms with Gasteiger partial charge in [0, 0.05) is 31.0 Å². The van der Waals surface area contributed by atoms with Crippen LogP contribution in [0.15, 0.2) is 30.7 Å². The summed E-state index contributed by atoms with van der Waals surface area (Å²) in [4.78, 5) is 17.9. The van der Waals surface area contributed by atoms with E-state index >= 15 is 0 Å². The highest BCUT2D eigenvalue weighted by Gasteiger charge is 2.27. The third-order valence-electron chi connectivity index (χ3n) is 3.54. The Kier molecular flexibility index (Phi) is 3.51. The molecule has 0 aromatic carbocycles. The predicted molar refractivity (Wildman–Crippen MR) is 75.7 cm³/mol. The summed E-state index contributed by atoms with van der Waals surface area (Å²) in [5.74, 6) is 0.253. The summed E-state index contributed by atoms with van der Waals surface area (Å²) in [5, 5.41) is 18.3. The van der Waals surface area contributed by atoms with Crippen molar-refractivity contribution in [3.8, 4) is 17.3 Å². The number of anilines is 1. The van der Waals surface area contributed by atoms with Crippen LogP contribution in [0.25, 0.3) is 11.1 Å². The van der Waals surface area contributed by atoms with Crippen LogP contribution in [0.5, 0.6) is 0 Å². The molecule has 3 heterocycles. The Hall–Kier alpha value is -2.88. The first-order valence-electron chi connectivity index (χ1n) is 6.67. The van der Waals surface area contributed by atoms with Crippen molar-refractivity contribution < 1.29 is 4.79 Å². The summed E-state index contributed by atoms with van der Waals surface area (Å²) in [6.07, 6.45) is 7.90. The maximum absolute atomic E-state index is 12.2.